The molecule has 3 rings (SSSR count). The van der Waals surface area contributed by atoms with Crippen LogP contribution in [0.1, 0.15) is 23.6 Å². The number of hydrogen-bond donors (Lipinski definition) is 2. The maximum atomic E-state index is 13.1. The van der Waals surface area contributed by atoms with Crippen molar-refractivity contribution >= 4 is 40.7 Å². The van der Waals surface area contributed by atoms with Gasteiger partial charge in [0.2, 0.25) is 5.91 Å². The average molecular weight is 410 g/mol. The van der Waals surface area contributed by atoms with E-state index in [-0.39, 0.29) is 30.9 Å². The summed E-state index contributed by atoms with van der Waals surface area (Å²) in [5.41, 5.74) is 3.51. The molecule has 6 nitrogen and oxygen atoms in total. The number of aryl methyl sites for hydroxylation is 1. The van der Waals surface area contributed by atoms with Crippen LogP contribution in [0.2, 0.25) is 0 Å². The highest BCUT2D eigenvalue weighted by molar-refractivity contribution is 8.04. The largest absolute Gasteiger partial charge is 0.396 e. The van der Waals surface area contributed by atoms with E-state index < -0.39 is 0 Å². The lowest BCUT2D eigenvalue weighted by atomic mass is 10.1. The summed E-state index contributed by atoms with van der Waals surface area (Å²) in [6.07, 6.45) is 0. The zero-order valence-corrected chi connectivity index (χ0v) is 17.1. The van der Waals surface area contributed by atoms with Crippen LogP contribution in [0.5, 0.6) is 0 Å². The van der Waals surface area contributed by atoms with Crippen molar-refractivity contribution in [3.8, 4) is 0 Å². The summed E-state index contributed by atoms with van der Waals surface area (Å²) in [5.74, 6) is -0.578. The van der Waals surface area contributed by atoms with Crippen LogP contribution >= 0.6 is 11.8 Å². The second kappa shape index (κ2) is 9.07. The number of nitrogens with zero attached hydrogens (tertiary/aromatic N) is 1. The lowest BCUT2D eigenvalue weighted by Crippen LogP contribution is -2.31. The lowest BCUT2D eigenvalue weighted by Gasteiger charge is -2.15. The first-order valence-electron chi connectivity index (χ1n) is 9.18. The Morgan fingerprint density at radius 3 is 2.28 bits per heavy atom. The number of amides is 3. The predicted molar refractivity (Wildman–Crippen MR) is 114 cm³/mol. The number of aliphatic hydroxyl groups excluding tert-OH is 1. The van der Waals surface area contributed by atoms with Crippen molar-refractivity contribution in [1.29, 1.82) is 0 Å². The van der Waals surface area contributed by atoms with Crippen LogP contribution < -0.4 is 5.32 Å². The third-order valence-corrected chi connectivity index (χ3v) is 5.47. The lowest BCUT2D eigenvalue weighted by molar-refractivity contribution is -0.137. The molecule has 2 N–H and O–H groups in total. The van der Waals surface area contributed by atoms with E-state index in [9.17, 15) is 19.5 Å². The van der Waals surface area contributed by atoms with Crippen molar-refractivity contribution in [2.75, 3.05) is 17.7 Å². The quantitative estimate of drug-likeness (QED) is 0.686. The van der Waals surface area contributed by atoms with Gasteiger partial charge in [-0.1, -0.05) is 42.0 Å². The third-order valence-electron chi connectivity index (χ3n) is 4.42. The highest BCUT2D eigenvalue weighted by atomic mass is 32.2. The van der Waals surface area contributed by atoms with Crippen LogP contribution in [0.3, 0.4) is 0 Å². The fourth-order valence-corrected chi connectivity index (χ4v) is 3.91. The van der Waals surface area contributed by atoms with Crippen molar-refractivity contribution in [3.05, 3.63) is 70.1 Å². The zero-order chi connectivity index (χ0) is 21.0. The van der Waals surface area contributed by atoms with Gasteiger partial charge in [-0.3, -0.25) is 19.3 Å². The molecule has 0 aliphatic carbocycles. The maximum absolute atomic E-state index is 13.1. The molecule has 29 heavy (non-hydrogen) atoms. The van der Waals surface area contributed by atoms with E-state index in [0.29, 0.717) is 27.5 Å². The molecule has 150 valence electrons. The molecule has 0 aromatic heterocycles. The van der Waals surface area contributed by atoms with Gasteiger partial charge in [-0.25, -0.2) is 0 Å². The summed E-state index contributed by atoms with van der Waals surface area (Å²) in [6, 6.07) is 14.5. The van der Waals surface area contributed by atoms with Gasteiger partial charge in [0.15, 0.2) is 0 Å². The summed E-state index contributed by atoms with van der Waals surface area (Å²) in [5, 5.41) is 11.9. The summed E-state index contributed by atoms with van der Waals surface area (Å²) < 4.78 is 0. The molecule has 0 spiro atoms. The summed E-state index contributed by atoms with van der Waals surface area (Å²) in [4.78, 5) is 38.9. The topological polar surface area (TPSA) is 86.7 Å². The molecule has 2 aromatic rings. The number of aliphatic hydroxyl groups is 1. The summed E-state index contributed by atoms with van der Waals surface area (Å²) >= 11 is 1.18. The van der Waals surface area contributed by atoms with Gasteiger partial charge in [-0.15, -0.1) is 11.8 Å². The smallest absolute Gasteiger partial charge is 0.268 e. The molecular formula is C22H22N2O4S. The van der Waals surface area contributed by atoms with Gasteiger partial charge >= 0.3 is 0 Å². The van der Waals surface area contributed by atoms with Gasteiger partial charge in [0, 0.05) is 18.4 Å². The Balaban J connectivity index is 1.91. The Morgan fingerprint density at radius 2 is 1.69 bits per heavy atom. The van der Waals surface area contributed by atoms with Crippen molar-refractivity contribution in [3.63, 3.8) is 0 Å². The monoisotopic (exact) mass is 410 g/mol. The van der Waals surface area contributed by atoms with Crippen molar-refractivity contribution in [1.82, 2.24) is 4.90 Å². The second-order valence-electron chi connectivity index (χ2n) is 6.72. The number of nitrogens with one attached hydrogen (secondary N) is 1. The Hall–Kier alpha value is -2.90. The first-order valence-corrected chi connectivity index (χ1v) is 10.2. The van der Waals surface area contributed by atoms with E-state index in [0.717, 1.165) is 11.1 Å². The first-order chi connectivity index (χ1) is 13.9. The molecular weight excluding hydrogens is 388 g/mol. The van der Waals surface area contributed by atoms with Gasteiger partial charge in [-0.05, 0) is 30.2 Å². The van der Waals surface area contributed by atoms with E-state index in [1.807, 2.05) is 31.2 Å². The van der Waals surface area contributed by atoms with Crippen LogP contribution in [0.4, 0.5) is 5.69 Å². The fourth-order valence-electron chi connectivity index (χ4n) is 3.03. The SMILES string of the molecule is CC(=O)Nc1ccc(C2=C(SCCO)C(=O)N(Cc3ccc(C)cc3)C2=O)cc1. The predicted octanol–water partition coefficient (Wildman–Crippen LogP) is 2.96. The minimum Gasteiger partial charge on any atom is -0.396 e. The molecule has 1 aliphatic rings. The van der Waals surface area contributed by atoms with Crippen LogP contribution in [0.15, 0.2) is 53.4 Å². The molecule has 0 saturated carbocycles. The normalized spacial score (nSPS) is 14.0. The second-order valence-corrected chi connectivity index (χ2v) is 7.82. The standard InChI is InChI=1S/C22H22N2O4S/c1-14-3-5-16(6-4-14)13-24-21(27)19(20(22(24)28)29-12-11-25)17-7-9-18(10-8-17)23-15(2)26/h3-10,25H,11-13H2,1-2H3,(H,23,26). The molecule has 2 aromatic carbocycles. The molecule has 0 unspecified atom stereocenters. The minimum atomic E-state index is -0.358. The molecule has 1 aliphatic heterocycles. The number of imide groups is 1. The number of carbonyl (C=O) groups is 3. The van der Waals surface area contributed by atoms with Crippen LogP contribution in [0, 0.1) is 6.92 Å². The van der Waals surface area contributed by atoms with E-state index in [1.54, 1.807) is 24.3 Å². The number of carbonyl (C=O) groups excluding carboxylic acids is 3. The summed E-state index contributed by atoms with van der Waals surface area (Å²) in [7, 11) is 0. The number of rotatable bonds is 7. The molecule has 1 heterocycles. The Bertz CT molecular complexity index is 965. The molecule has 0 atom stereocenters. The molecule has 0 fully saturated rings. The molecule has 0 radical (unpaired) electrons. The van der Waals surface area contributed by atoms with E-state index >= 15 is 0 Å². The highest BCUT2D eigenvalue weighted by Gasteiger charge is 2.39. The number of hydrogen-bond acceptors (Lipinski definition) is 5. The first kappa shape index (κ1) is 20.8. The van der Waals surface area contributed by atoms with Gasteiger partial charge in [0.25, 0.3) is 11.8 Å². The van der Waals surface area contributed by atoms with Crippen molar-refractivity contribution in [2.45, 2.75) is 20.4 Å². The number of benzene rings is 2. The molecule has 0 saturated heterocycles. The third kappa shape index (κ3) is 4.75. The van der Waals surface area contributed by atoms with Crippen molar-refractivity contribution < 1.29 is 19.5 Å². The van der Waals surface area contributed by atoms with E-state index in [2.05, 4.69) is 5.32 Å². The Morgan fingerprint density at radius 1 is 1.03 bits per heavy atom. The maximum Gasteiger partial charge on any atom is 0.268 e. The fraction of sp³-hybridized carbons (Fsp3) is 0.227. The van der Waals surface area contributed by atoms with Gasteiger partial charge in [0.1, 0.15) is 0 Å². The van der Waals surface area contributed by atoms with Gasteiger partial charge < -0.3 is 10.4 Å². The average Bonchev–Trinajstić information content (AvgIpc) is 2.92. The van der Waals surface area contributed by atoms with Crippen molar-refractivity contribution in [2.24, 2.45) is 0 Å². The minimum absolute atomic E-state index is 0.0949. The van der Waals surface area contributed by atoms with Gasteiger partial charge in [-0.2, -0.15) is 0 Å². The van der Waals surface area contributed by atoms with E-state index in [1.165, 1.54) is 23.6 Å². The van der Waals surface area contributed by atoms with Crippen LogP contribution in [0.25, 0.3) is 5.57 Å². The Kier molecular flexibility index (Phi) is 6.51. The summed E-state index contributed by atoms with van der Waals surface area (Å²) in [6.45, 7) is 3.49. The molecule has 0 bridgehead atoms. The number of anilines is 1. The Labute approximate surface area is 173 Å². The zero-order valence-electron chi connectivity index (χ0n) is 16.3. The van der Waals surface area contributed by atoms with Crippen LogP contribution in [-0.4, -0.2) is 40.1 Å². The van der Waals surface area contributed by atoms with E-state index in [4.69, 9.17) is 0 Å². The van der Waals surface area contributed by atoms with Gasteiger partial charge in [0.05, 0.1) is 23.6 Å². The molecule has 7 heteroatoms. The molecule has 3 amide bonds. The highest BCUT2D eigenvalue weighted by Crippen LogP contribution is 2.37. The number of thioether (sulfide) groups is 1. The van der Waals surface area contributed by atoms with Crippen LogP contribution in [-0.2, 0) is 20.9 Å².